The molecular weight excluding hydrogens is 703 g/mol. The Morgan fingerprint density at radius 2 is 0.857 bits per heavy atom. The van der Waals surface area contributed by atoms with Crippen molar-refractivity contribution in [2.45, 2.75) is 0 Å². The number of hydrogen-bond donors (Lipinski definition) is 0. The molecule has 0 radical (unpaired) electrons. The highest BCUT2D eigenvalue weighted by Gasteiger charge is 2.18. The number of rotatable bonds is 6. The molecule has 0 N–H and O–H groups in total. The Morgan fingerprint density at radius 3 is 1.55 bits per heavy atom. The van der Waals surface area contributed by atoms with E-state index < -0.39 is 0 Å². The van der Waals surface area contributed by atoms with Crippen LogP contribution < -0.4 is 0 Å². The molecular formula is C51H31N3OS. The zero-order valence-corrected chi connectivity index (χ0v) is 30.9. The fourth-order valence-corrected chi connectivity index (χ4v) is 8.84. The van der Waals surface area contributed by atoms with Gasteiger partial charge >= 0.3 is 0 Å². The summed E-state index contributed by atoms with van der Waals surface area (Å²) in [7, 11) is 0. The summed E-state index contributed by atoms with van der Waals surface area (Å²) in [5.41, 5.74) is 11.6. The Labute approximate surface area is 327 Å². The van der Waals surface area contributed by atoms with Gasteiger partial charge in [-0.05, 0) is 64.2 Å². The highest BCUT2D eigenvalue weighted by Crippen LogP contribution is 2.42. The minimum Gasteiger partial charge on any atom is -0.455 e. The van der Waals surface area contributed by atoms with Crippen LogP contribution in [0.4, 0.5) is 0 Å². The first-order valence-electron chi connectivity index (χ1n) is 18.7. The van der Waals surface area contributed by atoms with Gasteiger partial charge in [0.1, 0.15) is 11.2 Å². The number of furan rings is 1. The summed E-state index contributed by atoms with van der Waals surface area (Å²) >= 11 is 1.79. The van der Waals surface area contributed by atoms with Crippen molar-refractivity contribution in [3.63, 3.8) is 0 Å². The van der Waals surface area contributed by atoms with E-state index in [0.717, 1.165) is 60.9 Å². The molecule has 0 amide bonds. The van der Waals surface area contributed by atoms with Gasteiger partial charge in [-0.1, -0.05) is 152 Å². The lowest BCUT2D eigenvalue weighted by atomic mass is 9.94. The van der Waals surface area contributed by atoms with Crippen molar-refractivity contribution < 1.29 is 4.42 Å². The average Bonchev–Trinajstić information content (AvgIpc) is 3.84. The van der Waals surface area contributed by atoms with Crippen LogP contribution in [0.25, 0.3) is 110 Å². The zero-order chi connectivity index (χ0) is 37.0. The molecule has 8 aromatic carbocycles. The number of nitrogens with zero attached hydrogens (tertiary/aromatic N) is 3. The fourth-order valence-electron chi connectivity index (χ4n) is 7.71. The minimum absolute atomic E-state index is 0.655. The van der Waals surface area contributed by atoms with Crippen LogP contribution in [0, 0.1) is 0 Å². The summed E-state index contributed by atoms with van der Waals surface area (Å²) in [6.07, 6.45) is 0. The van der Waals surface area contributed by atoms with Gasteiger partial charge in [-0.15, -0.1) is 11.3 Å². The summed E-state index contributed by atoms with van der Waals surface area (Å²) in [5.74, 6) is 1.97. The molecule has 5 heteroatoms. The van der Waals surface area contributed by atoms with Gasteiger partial charge in [0.05, 0.1) is 0 Å². The molecule has 0 aliphatic carbocycles. The van der Waals surface area contributed by atoms with Gasteiger partial charge < -0.3 is 4.42 Å². The van der Waals surface area contributed by atoms with Gasteiger partial charge in [0.15, 0.2) is 17.5 Å². The quantitative estimate of drug-likeness (QED) is 0.171. The average molecular weight is 734 g/mol. The van der Waals surface area contributed by atoms with Crippen molar-refractivity contribution in [1.82, 2.24) is 15.0 Å². The van der Waals surface area contributed by atoms with E-state index in [9.17, 15) is 0 Å². The molecule has 3 aromatic heterocycles. The molecule has 0 unspecified atom stereocenters. The lowest BCUT2D eigenvalue weighted by molar-refractivity contribution is 0.670. The van der Waals surface area contributed by atoms with E-state index in [1.54, 1.807) is 11.3 Å². The van der Waals surface area contributed by atoms with Gasteiger partial charge in [0.2, 0.25) is 0 Å². The maximum Gasteiger partial charge on any atom is 0.164 e. The van der Waals surface area contributed by atoms with E-state index in [2.05, 4.69) is 121 Å². The first-order chi connectivity index (χ1) is 27.7. The Morgan fingerprint density at radius 1 is 0.321 bits per heavy atom. The van der Waals surface area contributed by atoms with Crippen LogP contribution in [0.5, 0.6) is 0 Å². The summed E-state index contributed by atoms with van der Waals surface area (Å²) in [4.78, 5) is 14.9. The van der Waals surface area contributed by atoms with Crippen LogP contribution in [0.2, 0.25) is 0 Å². The predicted molar refractivity (Wildman–Crippen MR) is 233 cm³/mol. The molecule has 3 heterocycles. The van der Waals surface area contributed by atoms with E-state index in [0.29, 0.717) is 17.5 Å². The van der Waals surface area contributed by atoms with Crippen molar-refractivity contribution in [3.8, 4) is 67.5 Å². The Kier molecular flexibility index (Phi) is 7.64. The summed E-state index contributed by atoms with van der Waals surface area (Å²) < 4.78 is 8.98. The van der Waals surface area contributed by atoms with E-state index in [4.69, 9.17) is 19.4 Å². The van der Waals surface area contributed by atoms with E-state index in [-0.39, 0.29) is 0 Å². The lowest BCUT2D eigenvalue weighted by Gasteiger charge is -2.10. The van der Waals surface area contributed by atoms with Crippen LogP contribution in [-0.4, -0.2) is 15.0 Å². The molecule has 11 aromatic rings. The zero-order valence-electron chi connectivity index (χ0n) is 30.1. The van der Waals surface area contributed by atoms with E-state index >= 15 is 0 Å². The molecule has 0 saturated carbocycles. The Balaban J connectivity index is 1.02. The van der Waals surface area contributed by atoms with Crippen LogP contribution in [0.3, 0.4) is 0 Å². The highest BCUT2D eigenvalue weighted by atomic mass is 32.1. The van der Waals surface area contributed by atoms with Gasteiger partial charge in [0, 0.05) is 53.2 Å². The molecule has 0 saturated heterocycles. The minimum atomic E-state index is 0.655. The molecule has 0 bridgehead atoms. The second-order valence-electron chi connectivity index (χ2n) is 14.0. The number of hydrogen-bond acceptors (Lipinski definition) is 5. The number of fused-ring (bicyclic) bond motifs is 6. The second kappa shape index (κ2) is 13.3. The van der Waals surface area contributed by atoms with Crippen LogP contribution in [0.1, 0.15) is 0 Å². The highest BCUT2D eigenvalue weighted by molar-refractivity contribution is 7.25. The first kappa shape index (κ1) is 32.2. The summed E-state index contributed by atoms with van der Waals surface area (Å²) in [5, 5.41) is 4.67. The maximum atomic E-state index is 6.56. The monoisotopic (exact) mass is 733 g/mol. The summed E-state index contributed by atoms with van der Waals surface area (Å²) in [6.45, 7) is 0. The van der Waals surface area contributed by atoms with Crippen molar-refractivity contribution in [2.24, 2.45) is 0 Å². The molecule has 0 aliphatic rings. The Bertz CT molecular complexity index is 3170. The van der Waals surface area contributed by atoms with E-state index in [1.807, 2.05) is 66.7 Å². The van der Waals surface area contributed by atoms with Crippen LogP contribution >= 0.6 is 11.3 Å². The molecule has 262 valence electrons. The lowest BCUT2D eigenvalue weighted by Crippen LogP contribution is -1.99. The second-order valence-corrected chi connectivity index (χ2v) is 15.1. The van der Waals surface area contributed by atoms with Crippen molar-refractivity contribution in [3.05, 3.63) is 188 Å². The SMILES string of the molecule is c1ccc(-c2ccc(-c3cc(-c4ccc5sc6cc(-c7nc(-c8ccccc8)nc(-c8ccccc8)n7)ccc6c5c4)cc4c3oc3ccccc34)cc2)cc1. The van der Waals surface area contributed by atoms with E-state index in [1.165, 1.54) is 31.3 Å². The number of para-hydroxylation sites is 1. The normalized spacial score (nSPS) is 11.6. The van der Waals surface area contributed by atoms with Crippen molar-refractivity contribution >= 4 is 53.4 Å². The largest absolute Gasteiger partial charge is 0.455 e. The third-order valence-electron chi connectivity index (χ3n) is 10.5. The van der Waals surface area contributed by atoms with Crippen molar-refractivity contribution in [2.75, 3.05) is 0 Å². The summed E-state index contributed by atoms with van der Waals surface area (Å²) in [6, 6.07) is 65.8. The van der Waals surface area contributed by atoms with Crippen LogP contribution in [-0.2, 0) is 0 Å². The Hall–Kier alpha value is -7.21. The molecule has 56 heavy (non-hydrogen) atoms. The molecule has 0 aliphatic heterocycles. The molecule has 0 fully saturated rings. The van der Waals surface area contributed by atoms with Gasteiger partial charge in [0.25, 0.3) is 0 Å². The van der Waals surface area contributed by atoms with Crippen molar-refractivity contribution in [1.29, 1.82) is 0 Å². The van der Waals surface area contributed by atoms with Gasteiger partial charge in [-0.3, -0.25) is 0 Å². The number of benzene rings is 8. The maximum absolute atomic E-state index is 6.56. The number of aromatic nitrogens is 3. The molecule has 0 atom stereocenters. The smallest absolute Gasteiger partial charge is 0.164 e. The predicted octanol–water partition coefficient (Wildman–Crippen LogP) is 14.1. The first-order valence-corrected chi connectivity index (χ1v) is 19.5. The topological polar surface area (TPSA) is 51.8 Å². The third kappa shape index (κ3) is 5.65. The van der Waals surface area contributed by atoms with Gasteiger partial charge in [-0.2, -0.15) is 0 Å². The standard InChI is InChI=1S/C51H31N3OS/c1-4-12-32(13-5-1)33-20-22-34(23-21-33)42-29-39(30-44-40-18-10-11-19-45(40)55-48(42)44)37-25-27-46-43(28-37)41-26-24-38(31-47(41)56-46)51-53-49(35-14-6-2-7-15-35)52-50(54-51)36-16-8-3-9-17-36/h1-31H. The van der Waals surface area contributed by atoms with Gasteiger partial charge in [-0.25, -0.2) is 15.0 Å². The number of thiophene rings is 1. The van der Waals surface area contributed by atoms with Crippen LogP contribution in [0.15, 0.2) is 192 Å². The molecule has 4 nitrogen and oxygen atoms in total. The third-order valence-corrected chi connectivity index (χ3v) is 11.7. The molecule has 11 rings (SSSR count). The molecule has 0 spiro atoms. The fraction of sp³-hybridized carbons (Fsp3) is 0.